The molecule has 128 valence electrons. The molecule has 1 saturated heterocycles. The zero-order chi connectivity index (χ0) is 17.1. The van der Waals surface area contributed by atoms with Gasteiger partial charge in [-0.05, 0) is 19.4 Å². The van der Waals surface area contributed by atoms with Crippen LogP contribution in [0.3, 0.4) is 0 Å². The van der Waals surface area contributed by atoms with Crippen molar-refractivity contribution in [3.8, 4) is 0 Å². The first-order valence-corrected chi connectivity index (χ1v) is 8.20. The number of carbonyl (C=O) groups excluding carboxylic acids is 1. The molecule has 2 unspecified atom stereocenters. The SMILES string of the molecule is Cc1noc(C(C)N2CCN(C(=O)C(N)c3ccccc3)CC2)n1. The lowest BCUT2D eigenvalue weighted by atomic mass is 10.1. The number of rotatable bonds is 4. The summed E-state index contributed by atoms with van der Waals surface area (Å²) in [6.07, 6.45) is 0. The highest BCUT2D eigenvalue weighted by Gasteiger charge is 2.29. The summed E-state index contributed by atoms with van der Waals surface area (Å²) in [6, 6.07) is 8.93. The van der Waals surface area contributed by atoms with Crippen LogP contribution in [0.2, 0.25) is 0 Å². The van der Waals surface area contributed by atoms with Gasteiger partial charge in [-0.3, -0.25) is 9.69 Å². The van der Waals surface area contributed by atoms with Gasteiger partial charge in [-0.25, -0.2) is 0 Å². The Bertz CT molecular complexity index is 679. The van der Waals surface area contributed by atoms with Gasteiger partial charge in [0.15, 0.2) is 5.82 Å². The molecular weight excluding hydrogens is 306 g/mol. The maximum Gasteiger partial charge on any atom is 0.244 e. The quantitative estimate of drug-likeness (QED) is 0.909. The third-order valence-electron chi connectivity index (χ3n) is 4.50. The van der Waals surface area contributed by atoms with E-state index in [1.807, 2.05) is 42.2 Å². The van der Waals surface area contributed by atoms with Gasteiger partial charge in [-0.15, -0.1) is 0 Å². The Morgan fingerprint density at radius 2 is 1.88 bits per heavy atom. The van der Waals surface area contributed by atoms with Gasteiger partial charge in [0.1, 0.15) is 6.04 Å². The first kappa shape index (κ1) is 16.6. The van der Waals surface area contributed by atoms with Gasteiger partial charge >= 0.3 is 0 Å². The van der Waals surface area contributed by atoms with Crippen LogP contribution in [0.15, 0.2) is 34.9 Å². The van der Waals surface area contributed by atoms with Crippen molar-refractivity contribution >= 4 is 5.91 Å². The largest absolute Gasteiger partial charge is 0.338 e. The summed E-state index contributed by atoms with van der Waals surface area (Å²) in [5.74, 6) is 1.23. The van der Waals surface area contributed by atoms with Crippen molar-refractivity contribution in [1.82, 2.24) is 19.9 Å². The maximum absolute atomic E-state index is 12.6. The summed E-state index contributed by atoms with van der Waals surface area (Å²) in [5, 5.41) is 3.84. The molecule has 1 aliphatic rings. The Morgan fingerprint density at radius 3 is 2.46 bits per heavy atom. The smallest absolute Gasteiger partial charge is 0.244 e. The number of carbonyl (C=O) groups is 1. The average molecular weight is 329 g/mol. The van der Waals surface area contributed by atoms with Gasteiger partial charge in [0, 0.05) is 26.2 Å². The molecule has 0 saturated carbocycles. The average Bonchev–Trinajstić information content (AvgIpc) is 3.07. The minimum absolute atomic E-state index is 0.0258. The monoisotopic (exact) mass is 329 g/mol. The van der Waals surface area contributed by atoms with Crippen LogP contribution in [0.1, 0.15) is 36.3 Å². The van der Waals surface area contributed by atoms with Crippen molar-refractivity contribution in [1.29, 1.82) is 0 Å². The number of piperazine rings is 1. The van der Waals surface area contributed by atoms with Crippen LogP contribution in [0, 0.1) is 6.92 Å². The molecule has 2 atom stereocenters. The number of hydrogen-bond acceptors (Lipinski definition) is 6. The van der Waals surface area contributed by atoms with Crippen molar-refractivity contribution in [2.24, 2.45) is 5.73 Å². The van der Waals surface area contributed by atoms with Crippen molar-refractivity contribution in [3.05, 3.63) is 47.6 Å². The van der Waals surface area contributed by atoms with Crippen LogP contribution in [-0.4, -0.2) is 52.0 Å². The van der Waals surface area contributed by atoms with E-state index in [2.05, 4.69) is 15.0 Å². The van der Waals surface area contributed by atoms with E-state index in [0.29, 0.717) is 24.8 Å². The fraction of sp³-hybridized carbons (Fsp3) is 0.471. The predicted molar refractivity (Wildman–Crippen MR) is 89.0 cm³/mol. The molecular formula is C17H23N5O2. The minimum atomic E-state index is -0.603. The van der Waals surface area contributed by atoms with Gasteiger partial charge in [0.05, 0.1) is 6.04 Å². The van der Waals surface area contributed by atoms with E-state index in [4.69, 9.17) is 10.3 Å². The molecule has 1 aliphatic heterocycles. The second-order valence-electron chi connectivity index (χ2n) is 6.11. The van der Waals surface area contributed by atoms with Gasteiger partial charge < -0.3 is 15.2 Å². The highest BCUT2D eigenvalue weighted by atomic mass is 16.5. The highest BCUT2D eigenvalue weighted by molar-refractivity contribution is 5.83. The molecule has 0 aliphatic carbocycles. The van der Waals surface area contributed by atoms with Crippen LogP contribution in [0.5, 0.6) is 0 Å². The summed E-state index contributed by atoms with van der Waals surface area (Å²) in [7, 11) is 0. The fourth-order valence-corrected chi connectivity index (χ4v) is 2.97. The van der Waals surface area contributed by atoms with Crippen LogP contribution in [0.4, 0.5) is 0 Å². The normalized spacial score (nSPS) is 18.4. The first-order valence-electron chi connectivity index (χ1n) is 8.20. The summed E-state index contributed by atoms with van der Waals surface area (Å²) in [4.78, 5) is 21.0. The van der Waals surface area contributed by atoms with E-state index in [-0.39, 0.29) is 11.9 Å². The minimum Gasteiger partial charge on any atom is -0.338 e. The molecule has 1 fully saturated rings. The molecule has 2 heterocycles. The van der Waals surface area contributed by atoms with Gasteiger partial charge in [0.2, 0.25) is 11.8 Å². The molecule has 2 aromatic rings. The van der Waals surface area contributed by atoms with Crippen LogP contribution >= 0.6 is 0 Å². The third-order valence-corrected chi connectivity index (χ3v) is 4.50. The van der Waals surface area contributed by atoms with E-state index in [1.54, 1.807) is 6.92 Å². The molecule has 24 heavy (non-hydrogen) atoms. The highest BCUT2D eigenvalue weighted by Crippen LogP contribution is 2.21. The van der Waals surface area contributed by atoms with Crippen LogP contribution in [0.25, 0.3) is 0 Å². The summed E-state index contributed by atoms with van der Waals surface area (Å²) in [5.41, 5.74) is 6.97. The Kier molecular flexibility index (Phi) is 4.92. The van der Waals surface area contributed by atoms with E-state index in [1.165, 1.54) is 0 Å². The Morgan fingerprint density at radius 1 is 1.21 bits per heavy atom. The van der Waals surface area contributed by atoms with Gasteiger partial charge in [-0.1, -0.05) is 35.5 Å². The molecule has 1 aromatic heterocycles. The summed E-state index contributed by atoms with van der Waals surface area (Å²) >= 11 is 0. The number of aryl methyl sites for hydroxylation is 1. The molecule has 1 aromatic carbocycles. The van der Waals surface area contributed by atoms with Crippen LogP contribution < -0.4 is 5.73 Å². The number of nitrogens with zero attached hydrogens (tertiary/aromatic N) is 4. The van der Waals surface area contributed by atoms with E-state index >= 15 is 0 Å². The Labute approximate surface area is 141 Å². The molecule has 0 radical (unpaired) electrons. The van der Waals surface area contributed by atoms with Crippen molar-refractivity contribution in [2.75, 3.05) is 26.2 Å². The van der Waals surface area contributed by atoms with Gasteiger partial charge in [-0.2, -0.15) is 4.98 Å². The maximum atomic E-state index is 12.6. The lowest BCUT2D eigenvalue weighted by Gasteiger charge is -2.37. The number of amides is 1. The number of aromatic nitrogens is 2. The lowest BCUT2D eigenvalue weighted by Crippen LogP contribution is -2.51. The second-order valence-corrected chi connectivity index (χ2v) is 6.11. The van der Waals surface area contributed by atoms with E-state index in [9.17, 15) is 4.79 Å². The number of benzene rings is 1. The zero-order valence-corrected chi connectivity index (χ0v) is 14.1. The number of nitrogens with two attached hydrogens (primary N) is 1. The van der Waals surface area contributed by atoms with Crippen molar-refractivity contribution in [3.63, 3.8) is 0 Å². The lowest BCUT2D eigenvalue weighted by molar-refractivity contribution is -0.134. The van der Waals surface area contributed by atoms with Crippen LogP contribution in [-0.2, 0) is 4.79 Å². The molecule has 7 nitrogen and oxygen atoms in total. The third kappa shape index (κ3) is 3.47. The molecule has 3 rings (SSSR count). The summed E-state index contributed by atoms with van der Waals surface area (Å²) in [6.45, 7) is 6.67. The predicted octanol–water partition coefficient (Wildman–Crippen LogP) is 1.28. The standard InChI is InChI=1S/C17H23N5O2/c1-12(16-19-13(2)20-24-16)21-8-10-22(11-9-21)17(23)15(18)14-6-4-3-5-7-14/h3-7,12,15H,8-11,18H2,1-2H3. The second kappa shape index (κ2) is 7.11. The Balaban J connectivity index is 1.57. The molecule has 0 spiro atoms. The van der Waals surface area contributed by atoms with E-state index < -0.39 is 6.04 Å². The summed E-state index contributed by atoms with van der Waals surface area (Å²) < 4.78 is 5.25. The number of hydrogen-bond donors (Lipinski definition) is 1. The molecule has 2 N–H and O–H groups in total. The zero-order valence-electron chi connectivity index (χ0n) is 14.1. The van der Waals surface area contributed by atoms with Crippen molar-refractivity contribution < 1.29 is 9.32 Å². The van der Waals surface area contributed by atoms with Crippen molar-refractivity contribution in [2.45, 2.75) is 25.9 Å². The molecule has 0 bridgehead atoms. The van der Waals surface area contributed by atoms with E-state index in [0.717, 1.165) is 18.7 Å². The molecule has 7 heteroatoms. The Hall–Kier alpha value is -2.25. The van der Waals surface area contributed by atoms with Gasteiger partial charge in [0.25, 0.3) is 0 Å². The topological polar surface area (TPSA) is 88.5 Å². The first-order chi connectivity index (χ1) is 11.6. The molecule has 1 amide bonds. The fourth-order valence-electron chi connectivity index (χ4n) is 2.97.